The Bertz CT molecular complexity index is 788. The summed E-state index contributed by atoms with van der Waals surface area (Å²) in [7, 11) is 0. The third-order valence-electron chi connectivity index (χ3n) is 3.27. The van der Waals surface area contributed by atoms with Gasteiger partial charge in [0.15, 0.2) is 0 Å². The van der Waals surface area contributed by atoms with Gasteiger partial charge < -0.3 is 4.74 Å². The third kappa shape index (κ3) is 2.78. The summed E-state index contributed by atoms with van der Waals surface area (Å²) in [4.78, 5) is 12.1. The number of para-hydroxylation sites is 2. The van der Waals surface area contributed by atoms with E-state index in [1.165, 1.54) is 0 Å². The van der Waals surface area contributed by atoms with Crippen LogP contribution in [-0.2, 0) is 13.0 Å². The van der Waals surface area contributed by atoms with E-state index in [9.17, 15) is 4.79 Å². The maximum absolute atomic E-state index is 12.1. The topological polar surface area (TPSA) is 77.7 Å². The van der Waals surface area contributed by atoms with Gasteiger partial charge in [-0.3, -0.25) is 4.68 Å². The summed E-state index contributed by atoms with van der Waals surface area (Å²) < 4.78 is 8.96. The summed E-state index contributed by atoms with van der Waals surface area (Å²) in [5.41, 5.74) is 0.418. The molecule has 114 valence electrons. The van der Waals surface area contributed by atoms with Crippen molar-refractivity contribution < 1.29 is 4.74 Å². The molecule has 0 aliphatic carbocycles. The highest BCUT2D eigenvalue weighted by atomic mass is 16.5. The van der Waals surface area contributed by atoms with E-state index in [4.69, 9.17) is 4.74 Å². The highest BCUT2D eigenvalue weighted by molar-refractivity contribution is 5.47. The lowest BCUT2D eigenvalue weighted by Gasteiger charge is -2.11. The zero-order chi connectivity index (χ0) is 15.4. The average Bonchev–Trinajstić information content (AvgIpc) is 3.16. The fourth-order valence-corrected chi connectivity index (χ4v) is 2.31. The molecule has 0 bridgehead atoms. The minimum atomic E-state index is -0.275. The SMILES string of the molecule is CCOc1ccccc1-n1c(CCn2cccn2)n[nH]c1=O. The molecule has 1 N–H and O–H groups in total. The molecule has 3 aromatic rings. The Labute approximate surface area is 127 Å². The normalized spacial score (nSPS) is 10.8. The molecule has 2 aromatic heterocycles. The van der Waals surface area contributed by atoms with Crippen LogP contribution in [0.2, 0.25) is 0 Å². The molecule has 0 amide bonds. The number of benzene rings is 1. The van der Waals surface area contributed by atoms with Crippen molar-refractivity contribution in [2.24, 2.45) is 0 Å². The molecule has 0 saturated heterocycles. The molecule has 0 aliphatic heterocycles. The van der Waals surface area contributed by atoms with Crippen LogP contribution in [0.1, 0.15) is 12.7 Å². The minimum Gasteiger partial charge on any atom is -0.492 e. The second-order valence-corrected chi connectivity index (χ2v) is 4.70. The molecule has 0 aliphatic rings. The Morgan fingerprint density at radius 2 is 2.14 bits per heavy atom. The Kier molecular flexibility index (Phi) is 4.04. The van der Waals surface area contributed by atoms with Gasteiger partial charge in [0.25, 0.3) is 0 Å². The van der Waals surface area contributed by atoms with Crippen molar-refractivity contribution in [3.05, 3.63) is 59.0 Å². The number of ether oxygens (including phenoxy) is 1. The second-order valence-electron chi connectivity index (χ2n) is 4.70. The minimum absolute atomic E-state index is 0.275. The van der Waals surface area contributed by atoms with Gasteiger partial charge in [0.1, 0.15) is 11.6 Å². The van der Waals surface area contributed by atoms with E-state index in [1.807, 2.05) is 43.5 Å². The van der Waals surface area contributed by atoms with Crippen LogP contribution >= 0.6 is 0 Å². The summed E-state index contributed by atoms with van der Waals surface area (Å²) in [6.07, 6.45) is 4.19. The Balaban J connectivity index is 1.94. The van der Waals surface area contributed by atoms with Gasteiger partial charge in [-0.1, -0.05) is 12.1 Å². The van der Waals surface area contributed by atoms with E-state index in [-0.39, 0.29) is 5.69 Å². The highest BCUT2D eigenvalue weighted by Gasteiger charge is 2.14. The number of hydrogen-bond acceptors (Lipinski definition) is 4. The van der Waals surface area contributed by atoms with Crippen LogP contribution in [0.15, 0.2) is 47.5 Å². The van der Waals surface area contributed by atoms with E-state index in [0.29, 0.717) is 36.8 Å². The summed E-state index contributed by atoms with van der Waals surface area (Å²) >= 11 is 0. The largest absolute Gasteiger partial charge is 0.492 e. The van der Waals surface area contributed by atoms with Crippen LogP contribution in [0.4, 0.5) is 0 Å². The summed E-state index contributed by atoms with van der Waals surface area (Å²) in [6, 6.07) is 9.30. The molecule has 2 heterocycles. The standard InChI is InChI=1S/C15H17N5O2/c1-2-22-13-7-4-3-6-12(13)20-14(17-18-15(20)21)8-11-19-10-5-9-16-19/h3-7,9-10H,2,8,11H2,1H3,(H,18,21). The summed E-state index contributed by atoms with van der Waals surface area (Å²) in [5, 5.41) is 10.8. The Morgan fingerprint density at radius 3 is 2.91 bits per heavy atom. The van der Waals surface area contributed by atoms with Gasteiger partial charge in [0, 0.05) is 25.4 Å². The first kappa shape index (κ1) is 14.1. The van der Waals surface area contributed by atoms with Crippen molar-refractivity contribution in [3.63, 3.8) is 0 Å². The Hall–Kier alpha value is -2.83. The number of aromatic nitrogens is 5. The van der Waals surface area contributed by atoms with Gasteiger partial charge in [-0.2, -0.15) is 10.2 Å². The molecule has 22 heavy (non-hydrogen) atoms. The molecule has 7 heteroatoms. The highest BCUT2D eigenvalue weighted by Crippen LogP contribution is 2.22. The van der Waals surface area contributed by atoms with Gasteiger partial charge in [0.05, 0.1) is 12.3 Å². The first-order valence-corrected chi connectivity index (χ1v) is 7.15. The van der Waals surface area contributed by atoms with Gasteiger partial charge in [-0.05, 0) is 25.1 Å². The predicted molar refractivity (Wildman–Crippen MR) is 81.3 cm³/mol. The van der Waals surface area contributed by atoms with Gasteiger partial charge in [0.2, 0.25) is 0 Å². The smallest absolute Gasteiger partial charge is 0.348 e. The number of rotatable bonds is 6. The van der Waals surface area contributed by atoms with Crippen LogP contribution in [-0.4, -0.2) is 31.2 Å². The molecule has 0 fully saturated rings. The molecule has 7 nitrogen and oxygen atoms in total. The molecule has 0 atom stereocenters. The van der Waals surface area contributed by atoms with E-state index in [2.05, 4.69) is 15.3 Å². The predicted octanol–water partition coefficient (Wildman–Crippen LogP) is 1.40. The van der Waals surface area contributed by atoms with E-state index in [1.54, 1.807) is 15.4 Å². The molecule has 1 aromatic carbocycles. The fourth-order valence-electron chi connectivity index (χ4n) is 2.31. The second kappa shape index (κ2) is 6.30. The zero-order valence-electron chi connectivity index (χ0n) is 12.3. The molecule has 0 saturated carbocycles. The lowest BCUT2D eigenvalue weighted by Crippen LogP contribution is -2.19. The lowest BCUT2D eigenvalue weighted by atomic mass is 10.2. The zero-order valence-corrected chi connectivity index (χ0v) is 12.3. The summed E-state index contributed by atoms with van der Waals surface area (Å²) in [5.74, 6) is 1.31. The molecule has 0 spiro atoms. The summed E-state index contributed by atoms with van der Waals surface area (Å²) in [6.45, 7) is 3.09. The van der Waals surface area contributed by atoms with Crippen LogP contribution in [0.25, 0.3) is 5.69 Å². The van der Waals surface area contributed by atoms with Crippen molar-refractivity contribution in [2.75, 3.05) is 6.61 Å². The van der Waals surface area contributed by atoms with Crippen LogP contribution in [0.5, 0.6) is 5.75 Å². The van der Waals surface area contributed by atoms with E-state index in [0.717, 1.165) is 0 Å². The molecule has 3 rings (SSSR count). The number of nitrogens with one attached hydrogen (secondary N) is 1. The van der Waals surface area contributed by atoms with Gasteiger partial charge >= 0.3 is 5.69 Å². The number of nitrogens with zero attached hydrogens (tertiary/aromatic N) is 4. The maximum atomic E-state index is 12.1. The average molecular weight is 299 g/mol. The molecule has 0 radical (unpaired) electrons. The number of aromatic amines is 1. The quantitative estimate of drug-likeness (QED) is 0.746. The van der Waals surface area contributed by atoms with Crippen molar-refractivity contribution in [1.82, 2.24) is 24.5 Å². The maximum Gasteiger partial charge on any atom is 0.348 e. The number of hydrogen-bond donors (Lipinski definition) is 1. The fraction of sp³-hybridized carbons (Fsp3) is 0.267. The third-order valence-corrected chi connectivity index (χ3v) is 3.27. The van der Waals surface area contributed by atoms with E-state index < -0.39 is 0 Å². The molecular formula is C15H17N5O2. The monoisotopic (exact) mass is 299 g/mol. The molecular weight excluding hydrogens is 282 g/mol. The number of H-pyrrole nitrogens is 1. The van der Waals surface area contributed by atoms with Crippen LogP contribution < -0.4 is 10.4 Å². The van der Waals surface area contributed by atoms with Crippen molar-refractivity contribution >= 4 is 0 Å². The van der Waals surface area contributed by atoms with Crippen molar-refractivity contribution in [1.29, 1.82) is 0 Å². The first-order valence-electron chi connectivity index (χ1n) is 7.15. The Morgan fingerprint density at radius 1 is 1.27 bits per heavy atom. The number of aryl methyl sites for hydroxylation is 2. The van der Waals surface area contributed by atoms with Crippen LogP contribution in [0.3, 0.4) is 0 Å². The van der Waals surface area contributed by atoms with Crippen molar-refractivity contribution in [3.8, 4) is 11.4 Å². The lowest BCUT2D eigenvalue weighted by molar-refractivity contribution is 0.338. The first-order chi connectivity index (χ1) is 10.8. The van der Waals surface area contributed by atoms with Gasteiger partial charge in [-0.15, -0.1) is 0 Å². The van der Waals surface area contributed by atoms with Crippen molar-refractivity contribution in [2.45, 2.75) is 19.9 Å². The van der Waals surface area contributed by atoms with Crippen LogP contribution in [0, 0.1) is 0 Å². The van der Waals surface area contributed by atoms with Gasteiger partial charge in [-0.25, -0.2) is 14.5 Å². The van der Waals surface area contributed by atoms with E-state index >= 15 is 0 Å². The molecule has 0 unspecified atom stereocenters.